The second-order valence-electron chi connectivity index (χ2n) is 6.65. The number of rotatable bonds is 5. The van der Waals surface area contributed by atoms with E-state index >= 15 is 0 Å². The van der Waals surface area contributed by atoms with Gasteiger partial charge < -0.3 is 19.5 Å². The van der Waals surface area contributed by atoms with Crippen LogP contribution in [0.3, 0.4) is 0 Å². The summed E-state index contributed by atoms with van der Waals surface area (Å²) in [6, 6.07) is 7.83. The van der Waals surface area contributed by atoms with E-state index in [9.17, 15) is 9.90 Å². The highest BCUT2D eigenvalue weighted by atomic mass is 16.5. The smallest absolute Gasteiger partial charge is 0.227 e. The zero-order valence-corrected chi connectivity index (χ0v) is 14.3. The number of amides is 1. The van der Waals surface area contributed by atoms with E-state index in [1.165, 1.54) is 0 Å². The lowest BCUT2D eigenvalue weighted by atomic mass is 9.89. The highest BCUT2D eigenvalue weighted by Gasteiger charge is 2.39. The van der Waals surface area contributed by atoms with Crippen LogP contribution >= 0.6 is 0 Å². The van der Waals surface area contributed by atoms with Crippen molar-refractivity contribution < 1.29 is 19.4 Å². The van der Waals surface area contributed by atoms with Crippen molar-refractivity contribution in [3.63, 3.8) is 0 Å². The molecule has 0 bridgehead atoms. The molecule has 5 nitrogen and oxygen atoms in total. The van der Waals surface area contributed by atoms with E-state index in [1.807, 2.05) is 36.1 Å². The first-order valence-electron chi connectivity index (χ1n) is 8.96. The fourth-order valence-corrected chi connectivity index (χ4v) is 3.81. The average molecular weight is 333 g/mol. The first kappa shape index (κ1) is 17.2. The van der Waals surface area contributed by atoms with E-state index in [4.69, 9.17) is 9.47 Å². The van der Waals surface area contributed by atoms with Crippen LogP contribution in [-0.2, 0) is 16.0 Å². The Bertz CT molecular complexity index is 545. The number of aliphatic hydroxyl groups is 1. The lowest BCUT2D eigenvalue weighted by Crippen LogP contribution is -2.48. The molecule has 0 unspecified atom stereocenters. The van der Waals surface area contributed by atoms with Gasteiger partial charge in [-0.2, -0.15) is 0 Å². The molecule has 0 spiro atoms. The number of carbonyl (C=O) groups is 1. The molecule has 2 aliphatic rings. The minimum Gasteiger partial charge on any atom is -0.494 e. The molecule has 2 aliphatic heterocycles. The number of benzene rings is 1. The van der Waals surface area contributed by atoms with Gasteiger partial charge >= 0.3 is 0 Å². The Kier molecular flexibility index (Phi) is 5.74. The van der Waals surface area contributed by atoms with Gasteiger partial charge in [-0.3, -0.25) is 4.79 Å². The standard InChI is InChI=1S/C19H27NO4/c1-2-24-15-7-5-14(6-8-15)12-19(22)20-10-3-4-17(20)16-13-23-11-9-18(16)21/h5-8,16-18,21H,2-4,9-13H2,1H3/t16-,17-,18-/m1/s1. The number of likely N-dealkylation sites (tertiary alicyclic amines) is 1. The van der Waals surface area contributed by atoms with Crippen LogP contribution in [0.25, 0.3) is 0 Å². The third-order valence-electron chi connectivity index (χ3n) is 5.07. The summed E-state index contributed by atoms with van der Waals surface area (Å²) in [5.74, 6) is 1.01. The van der Waals surface area contributed by atoms with Crippen LogP contribution in [0, 0.1) is 5.92 Å². The molecule has 5 heteroatoms. The van der Waals surface area contributed by atoms with Gasteiger partial charge in [0.15, 0.2) is 0 Å². The number of nitrogens with zero attached hydrogens (tertiary/aromatic N) is 1. The molecule has 0 radical (unpaired) electrons. The monoisotopic (exact) mass is 333 g/mol. The molecule has 0 aliphatic carbocycles. The molecule has 3 rings (SSSR count). The lowest BCUT2D eigenvalue weighted by molar-refractivity contribution is -0.135. The Morgan fingerprint density at radius 1 is 1.33 bits per heavy atom. The molecular weight excluding hydrogens is 306 g/mol. The first-order valence-corrected chi connectivity index (χ1v) is 8.96. The van der Waals surface area contributed by atoms with Crippen molar-refractivity contribution in [3.8, 4) is 5.75 Å². The molecule has 2 fully saturated rings. The topological polar surface area (TPSA) is 59.0 Å². The molecule has 1 aromatic rings. The molecule has 132 valence electrons. The highest BCUT2D eigenvalue weighted by molar-refractivity contribution is 5.79. The molecular formula is C19H27NO4. The van der Waals surface area contributed by atoms with Gasteiger partial charge in [0, 0.05) is 25.1 Å². The van der Waals surface area contributed by atoms with Crippen LogP contribution in [0.2, 0.25) is 0 Å². The van der Waals surface area contributed by atoms with Crippen LogP contribution in [0.4, 0.5) is 0 Å². The van der Waals surface area contributed by atoms with Crippen LogP contribution in [0.1, 0.15) is 31.7 Å². The summed E-state index contributed by atoms with van der Waals surface area (Å²) < 4.78 is 11.0. The second-order valence-corrected chi connectivity index (χ2v) is 6.65. The Morgan fingerprint density at radius 3 is 2.83 bits per heavy atom. The lowest BCUT2D eigenvalue weighted by Gasteiger charge is -2.37. The van der Waals surface area contributed by atoms with Crippen molar-refractivity contribution in [1.82, 2.24) is 4.90 Å². The zero-order chi connectivity index (χ0) is 16.9. The molecule has 24 heavy (non-hydrogen) atoms. The predicted molar refractivity (Wildman–Crippen MR) is 91.0 cm³/mol. The zero-order valence-electron chi connectivity index (χ0n) is 14.3. The maximum Gasteiger partial charge on any atom is 0.227 e. The van der Waals surface area contributed by atoms with Crippen molar-refractivity contribution in [3.05, 3.63) is 29.8 Å². The molecule has 2 saturated heterocycles. The maximum atomic E-state index is 12.8. The Morgan fingerprint density at radius 2 is 2.12 bits per heavy atom. The van der Waals surface area contributed by atoms with Gasteiger partial charge in [0.2, 0.25) is 5.91 Å². The van der Waals surface area contributed by atoms with Gasteiger partial charge in [-0.25, -0.2) is 0 Å². The summed E-state index contributed by atoms with van der Waals surface area (Å²) >= 11 is 0. The Labute approximate surface area is 143 Å². The van der Waals surface area contributed by atoms with Crippen LogP contribution < -0.4 is 4.74 Å². The van der Waals surface area contributed by atoms with Crippen molar-refractivity contribution >= 4 is 5.91 Å². The van der Waals surface area contributed by atoms with E-state index in [0.717, 1.165) is 30.7 Å². The van der Waals surface area contributed by atoms with E-state index in [1.54, 1.807) is 0 Å². The van der Waals surface area contributed by atoms with Gasteiger partial charge in [-0.05, 0) is 43.9 Å². The summed E-state index contributed by atoms with van der Waals surface area (Å²) in [5, 5.41) is 10.3. The number of aliphatic hydroxyl groups excluding tert-OH is 1. The maximum absolute atomic E-state index is 12.8. The molecule has 2 heterocycles. The summed E-state index contributed by atoms with van der Waals surface area (Å²) in [7, 11) is 0. The third-order valence-corrected chi connectivity index (χ3v) is 5.07. The van der Waals surface area contributed by atoms with Crippen molar-refractivity contribution in [1.29, 1.82) is 0 Å². The van der Waals surface area contributed by atoms with Crippen LogP contribution in [0.5, 0.6) is 5.75 Å². The second kappa shape index (κ2) is 7.99. The Hall–Kier alpha value is -1.59. The van der Waals surface area contributed by atoms with Gasteiger partial charge in [-0.15, -0.1) is 0 Å². The minimum atomic E-state index is -0.359. The fraction of sp³-hybridized carbons (Fsp3) is 0.632. The largest absolute Gasteiger partial charge is 0.494 e. The van der Waals surface area contributed by atoms with Gasteiger partial charge in [0.1, 0.15) is 5.75 Å². The van der Waals surface area contributed by atoms with Gasteiger partial charge in [0.25, 0.3) is 0 Å². The molecule has 1 N–H and O–H groups in total. The predicted octanol–water partition coefficient (Wildman–Crippen LogP) is 2.02. The molecule has 0 saturated carbocycles. The number of carbonyl (C=O) groups excluding carboxylic acids is 1. The minimum absolute atomic E-state index is 0.0468. The Balaban J connectivity index is 1.62. The molecule has 1 amide bonds. The summed E-state index contributed by atoms with van der Waals surface area (Å²) in [6.45, 7) is 4.54. The summed E-state index contributed by atoms with van der Waals surface area (Å²) in [6.07, 6.45) is 2.67. The van der Waals surface area contributed by atoms with Crippen molar-refractivity contribution in [2.24, 2.45) is 5.92 Å². The van der Waals surface area contributed by atoms with Crippen molar-refractivity contribution in [2.75, 3.05) is 26.4 Å². The highest BCUT2D eigenvalue weighted by Crippen LogP contribution is 2.30. The number of ether oxygens (including phenoxy) is 2. The van der Waals surface area contributed by atoms with Gasteiger partial charge in [0.05, 0.1) is 25.7 Å². The van der Waals surface area contributed by atoms with Gasteiger partial charge in [-0.1, -0.05) is 12.1 Å². The third kappa shape index (κ3) is 3.90. The van der Waals surface area contributed by atoms with E-state index in [0.29, 0.717) is 32.7 Å². The molecule has 1 aromatic carbocycles. The van der Waals surface area contributed by atoms with Crippen LogP contribution in [0.15, 0.2) is 24.3 Å². The number of hydrogen-bond donors (Lipinski definition) is 1. The van der Waals surface area contributed by atoms with E-state index in [2.05, 4.69) is 0 Å². The first-order chi connectivity index (χ1) is 11.7. The average Bonchev–Trinajstić information content (AvgIpc) is 3.07. The summed E-state index contributed by atoms with van der Waals surface area (Å²) in [4.78, 5) is 14.7. The molecule has 0 aromatic heterocycles. The quantitative estimate of drug-likeness (QED) is 0.895. The van der Waals surface area contributed by atoms with Crippen LogP contribution in [-0.4, -0.2) is 54.4 Å². The van der Waals surface area contributed by atoms with Crippen molar-refractivity contribution in [2.45, 2.75) is 44.8 Å². The fourth-order valence-electron chi connectivity index (χ4n) is 3.81. The van der Waals surface area contributed by atoms with E-state index in [-0.39, 0.29) is 24.0 Å². The molecule has 3 atom stereocenters. The normalized spacial score (nSPS) is 27.2. The SMILES string of the molecule is CCOc1ccc(CC(=O)N2CCC[C@@H]2[C@H]2COCC[C@H]2O)cc1. The van der Waals surface area contributed by atoms with E-state index < -0.39 is 0 Å². The number of hydrogen-bond acceptors (Lipinski definition) is 4. The summed E-state index contributed by atoms with van der Waals surface area (Å²) in [5.41, 5.74) is 0.995.